The summed E-state index contributed by atoms with van der Waals surface area (Å²) in [5, 5.41) is 8.47. The van der Waals surface area contributed by atoms with Gasteiger partial charge in [0, 0.05) is 18.7 Å². The first-order chi connectivity index (χ1) is 10.6. The summed E-state index contributed by atoms with van der Waals surface area (Å²) in [6.45, 7) is 1.44. The first-order valence-corrected chi connectivity index (χ1v) is 7.61. The number of urea groups is 1. The highest BCUT2D eigenvalue weighted by atomic mass is 16.5. The summed E-state index contributed by atoms with van der Waals surface area (Å²) < 4.78 is 5.24. The Balaban J connectivity index is 2.02. The lowest BCUT2D eigenvalue weighted by Gasteiger charge is -2.23. The van der Waals surface area contributed by atoms with Gasteiger partial charge >= 0.3 is 6.03 Å². The Hall–Kier alpha value is -2.24. The van der Waals surface area contributed by atoms with Gasteiger partial charge in [-0.25, -0.2) is 4.79 Å². The van der Waals surface area contributed by atoms with Gasteiger partial charge in [-0.1, -0.05) is 19.3 Å². The Morgan fingerprint density at radius 3 is 2.50 bits per heavy atom. The topological polar surface area (TPSA) is 79.5 Å². The van der Waals surface area contributed by atoms with Crippen molar-refractivity contribution in [2.75, 3.05) is 17.7 Å². The molecule has 0 radical (unpaired) electrons. The molecule has 1 aliphatic rings. The van der Waals surface area contributed by atoms with E-state index in [-0.39, 0.29) is 18.0 Å². The summed E-state index contributed by atoms with van der Waals surface area (Å²) in [6, 6.07) is 5.11. The van der Waals surface area contributed by atoms with Gasteiger partial charge in [0.25, 0.3) is 0 Å². The molecule has 3 N–H and O–H groups in total. The SMILES string of the molecule is COc1ccc(NC(C)=O)cc1NC(=O)NC1CCCCC1. The van der Waals surface area contributed by atoms with Gasteiger partial charge in [0.1, 0.15) is 5.75 Å². The van der Waals surface area contributed by atoms with Crippen molar-refractivity contribution in [2.24, 2.45) is 0 Å². The maximum absolute atomic E-state index is 12.1. The minimum absolute atomic E-state index is 0.164. The standard InChI is InChI=1S/C16H23N3O3/c1-11(20)17-13-8-9-15(22-2)14(10-13)19-16(21)18-12-6-4-3-5-7-12/h8-10,12H,3-7H2,1-2H3,(H,17,20)(H2,18,19,21). The van der Waals surface area contributed by atoms with Gasteiger partial charge in [-0.3, -0.25) is 4.79 Å². The van der Waals surface area contributed by atoms with Crippen LogP contribution >= 0.6 is 0 Å². The van der Waals surface area contributed by atoms with E-state index in [1.165, 1.54) is 20.5 Å². The van der Waals surface area contributed by atoms with E-state index in [2.05, 4.69) is 16.0 Å². The molecular weight excluding hydrogens is 282 g/mol. The molecule has 0 bridgehead atoms. The second-order valence-corrected chi connectivity index (χ2v) is 5.53. The number of carbonyl (C=O) groups excluding carboxylic acids is 2. The second-order valence-electron chi connectivity index (χ2n) is 5.53. The molecule has 0 saturated heterocycles. The van der Waals surface area contributed by atoms with Crippen molar-refractivity contribution in [3.63, 3.8) is 0 Å². The molecule has 1 saturated carbocycles. The fourth-order valence-electron chi connectivity index (χ4n) is 2.68. The van der Waals surface area contributed by atoms with Crippen molar-refractivity contribution >= 4 is 23.3 Å². The quantitative estimate of drug-likeness (QED) is 0.799. The number of methoxy groups -OCH3 is 1. The second kappa shape index (κ2) is 7.68. The number of nitrogens with one attached hydrogen (secondary N) is 3. The molecule has 1 aliphatic carbocycles. The maximum Gasteiger partial charge on any atom is 0.319 e. The fourth-order valence-corrected chi connectivity index (χ4v) is 2.68. The van der Waals surface area contributed by atoms with Crippen LogP contribution in [0.5, 0.6) is 5.75 Å². The summed E-state index contributed by atoms with van der Waals surface area (Å²) in [7, 11) is 1.54. The first-order valence-electron chi connectivity index (χ1n) is 7.61. The molecule has 0 heterocycles. The molecule has 2 rings (SSSR count). The van der Waals surface area contributed by atoms with Crippen LogP contribution in [0, 0.1) is 0 Å². The largest absolute Gasteiger partial charge is 0.495 e. The Bertz CT molecular complexity index is 539. The fraction of sp³-hybridized carbons (Fsp3) is 0.500. The number of hydrogen-bond acceptors (Lipinski definition) is 3. The minimum atomic E-state index is -0.245. The van der Waals surface area contributed by atoms with Crippen molar-refractivity contribution < 1.29 is 14.3 Å². The number of amides is 3. The zero-order chi connectivity index (χ0) is 15.9. The molecular formula is C16H23N3O3. The van der Waals surface area contributed by atoms with E-state index in [1.807, 2.05) is 0 Å². The Morgan fingerprint density at radius 1 is 1.14 bits per heavy atom. The predicted octanol–water partition coefficient (Wildman–Crippen LogP) is 3.11. The number of benzene rings is 1. The molecule has 0 atom stereocenters. The van der Waals surface area contributed by atoms with Crippen molar-refractivity contribution in [3.8, 4) is 5.75 Å². The summed E-state index contributed by atoms with van der Waals surface area (Å²) in [6.07, 6.45) is 5.61. The monoisotopic (exact) mass is 305 g/mol. The summed E-state index contributed by atoms with van der Waals surface area (Å²) in [5.41, 5.74) is 1.14. The number of rotatable bonds is 4. The lowest BCUT2D eigenvalue weighted by molar-refractivity contribution is -0.114. The molecule has 0 aromatic heterocycles. The predicted molar refractivity (Wildman–Crippen MR) is 86.3 cm³/mol. The Morgan fingerprint density at radius 2 is 1.86 bits per heavy atom. The van der Waals surface area contributed by atoms with Crippen molar-refractivity contribution in [1.82, 2.24) is 5.32 Å². The van der Waals surface area contributed by atoms with E-state index in [9.17, 15) is 9.59 Å². The van der Waals surface area contributed by atoms with Crippen LogP contribution in [0.15, 0.2) is 18.2 Å². The lowest BCUT2D eigenvalue weighted by atomic mass is 9.96. The van der Waals surface area contributed by atoms with Gasteiger partial charge in [0.2, 0.25) is 5.91 Å². The highest BCUT2D eigenvalue weighted by Gasteiger charge is 2.16. The average Bonchev–Trinajstić information content (AvgIpc) is 2.48. The molecule has 1 aromatic carbocycles. The van der Waals surface area contributed by atoms with Gasteiger partial charge in [0.05, 0.1) is 12.8 Å². The van der Waals surface area contributed by atoms with Crippen LogP contribution in [0.3, 0.4) is 0 Å². The van der Waals surface area contributed by atoms with E-state index >= 15 is 0 Å². The highest BCUT2D eigenvalue weighted by molar-refractivity contribution is 5.94. The minimum Gasteiger partial charge on any atom is -0.495 e. The van der Waals surface area contributed by atoms with E-state index in [1.54, 1.807) is 18.2 Å². The number of ether oxygens (including phenoxy) is 1. The van der Waals surface area contributed by atoms with Crippen LogP contribution in [0.4, 0.5) is 16.2 Å². The molecule has 3 amide bonds. The molecule has 22 heavy (non-hydrogen) atoms. The van der Waals surface area contributed by atoms with Gasteiger partial charge < -0.3 is 20.7 Å². The number of carbonyl (C=O) groups is 2. The lowest BCUT2D eigenvalue weighted by Crippen LogP contribution is -2.39. The van der Waals surface area contributed by atoms with Crippen LogP contribution in [-0.4, -0.2) is 25.1 Å². The van der Waals surface area contributed by atoms with E-state index < -0.39 is 0 Å². The Labute approximate surface area is 130 Å². The molecule has 0 aliphatic heterocycles. The molecule has 0 unspecified atom stereocenters. The molecule has 6 heteroatoms. The van der Waals surface area contributed by atoms with Crippen LogP contribution in [0.1, 0.15) is 39.0 Å². The van der Waals surface area contributed by atoms with Crippen LogP contribution < -0.4 is 20.7 Å². The zero-order valence-corrected chi connectivity index (χ0v) is 13.1. The number of anilines is 2. The van der Waals surface area contributed by atoms with Crippen molar-refractivity contribution in [3.05, 3.63) is 18.2 Å². The van der Waals surface area contributed by atoms with Gasteiger partial charge in [0.15, 0.2) is 0 Å². The van der Waals surface area contributed by atoms with Crippen LogP contribution in [0.2, 0.25) is 0 Å². The summed E-state index contributed by atoms with van der Waals surface area (Å²) >= 11 is 0. The van der Waals surface area contributed by atoms with E-state index in [0.29, 0.717) is 17.1 Å². The van der Waals surface area contributed by atoms with Gasteiger partial charge in [-0.15, -0.1) is 0 Å². The molecule has 1 aromatic rings. The van der Waals surface area contributed by atoms with Gasteiger partial charge in [-0.2, -0.15) is 0 Å². The third-order valence-electron chi connectivity index (χ3n) is 3.71. The van der Waals surface area contributed by atoms with E-state index in [4.69, 9.17) is 4.74 Å². The third kappa shape index (κ3) is 4.65. The Kier molecular flexibility index (Phi) is 5.63. The third-order valence-corrected chi connectivity index (χ3v) is 3.71. The molecule has 120 valence electrons. The molecule has 1 fully saturated rings. The van der Waals surface area contributed by atoms with Crippen molar-refractivity contribution in [2.45, 2.75) is 45.1 Å². The van der Waals surface area contributed by atoms with Crippen LogP contribution in [-0.2, 0) is 4.79 Å². The summed E-state index contributed by atoms with van der Waals surface area (Å²) in [5.74, 6) is 0.385. The van der Waals surface area contributed by atoms with Crippen LogP contribution in [0.25, 0.3) is 0 Å². The highest BCUT2D eigenvalue weighted by Crippen LogP contribution is 2.28. The molecule has 6 nitrogen and oxygen atoms in total. The molecule has 0 spiro atoms. The van der Waals surface area contributed by atoms with E-state index in [0.717, 1.165) is 25.7 Å². The summed E-state index contributed by atoms with van der Waals surface area (Å²) in [4.78, 5) is 23.2. The smallest absolute Gasteiger partial charge is 0.319 e. The number of hydrogen-bond donors (Lipinski definition) is 3. The first kappa shape index (κ1) is 16.1. The van der Waals surface area contributed by atoms with Gasteiger partial charge in [-0.05, 0) is 31.0 Å². The van der Waals surface area contributed by atoms with Crippen molar-refractivity contribution in [1.29, 1.82) is 0 Å². The zero-order valence-electron chi connectivity index (χ0n) is 13.1. The normalized spacial score (nSPS) is 15.0. The maximum atomic E-state index is 12.1. The average molecular weight is 305 g/mol.